The minimum atomic E-state index is -1.02. The van der Waals surface area contributed by atoms with Crippen molar-refractivity contribution < 1.29 is 19.1 Å². The van der Waals surface area contributed by atoms with Crippen LogP contribution in [0.5, 0.6) is 0 Å². The molecule has 2 aromatic heterocycles. The number of aromatic carboxylic acids is 1. The van der Waals surface area contributed by atoms with E-state index in [9.17, 15) is 9.59 Å². The van der Waals surface area contributed by atoms with Crippen LogP contribution in [0.3, 0.4) is 0 Å². The first-order chi connectivity index (χ1) is 10.5. The molecule has 0 atom stereocenters. The lowest BCUT2D eigenvalue weighted by Crippen LogP contribution is -2.22. The number of carboxylic acids is 1. The van der Waals surface area contributed by atoms with Gasteiger partial charge >= 0.3 is 5.97 Å². The van der Waals surface area contributed by atoms with Gasteiger partial charge < -0.3 is 14.8 Å². The van der Waals surface area contributed by atoms with Gasteiger partial charge in [0.25, 0.3) is 0 Å². The summed E-state index contributed by atoms with van der Waals surface area (Å²) in [6.07, 6.45) is 2.14. The molecule has 2 N–H and O–H groups in total. The number of thiophene rings is 1. The molecule has 118 valence electrons. The van der Waals surface area contributed by atoms with Crippen molar-refractivity contribution in [2.45, 2.75) is 39.7 Å². The zero-order chi connectivity index (χ0) is 16.1. The van der Waals surface area contributed by atoms with Gasteiger partial charge in [-0.05, 0) is 44.9 Å². The van der Waals surface area contributed by atoms with Crippen LogP contribution in [0.1, 0.15) is 44.5 Å². The zero-order valence-corrected chi connectivity index (χ0v) is 13.5. The predicted molar refractivity (Wildman–Crippen MR) is 84.2 cm³/mol. The molecule has 0 saturated heterocycles. The van der Waals surface area contributed by atoms with Crippen LogP contribution in [0.4, 0.5) is 0 Å². The van der Waals surface area contributed by atoms with Gasteiger partial charge in [-0.2, -0.15) is 0 Å². The number of hydrogen-bond donors (Lipinski definition) is 2. The van der Waals surface area contributed by atoms with Crippen LogP contribution in [0, 0.1) is 13.8 Å². The predicted octanol–water partition coefficient (Wildman–Crippen LogP) is 3.30. The van der Waals surface area contributed by atoms with E-state index < -0.39 is 5.97 Å². The van der Waals surface area contributed by atoms with Crippen LogP contribution in [0.25, 0.3) is 0 Å². The van der Waals surface area contributed by atoms with Crippen LogP contribution in [0.15, 0.2) is 22.6 Å². The van der Waals surface area contributed by atoms with Gasteiger partial charge in [-0.25, -0.2) is 4.79 Å². The Kier molecular flexibility index (Phi) is 5.38. The molecule has 6 heteroatoms. The summed E-state index contributed by atoms with van der Waals surface area (Å²) in [5, 5.41) is 11.7. The van der Waals surface area contributed by atoms with Crippen LogP contribution in [-0.4, -0.2) is 17.0 Å². The lowest BCUT2D eigenvalue weighted by molar-refractivity contribution is -0.121. The van der Waals surface area contributed by atoms with Gasteiger partial charge in [0, 0.05) is 16.2 Å². The summed E-state index contributed by atoms with van der Waals surface area (Å²) in [4.78, 5) is 25.2. The van der Waals surface area contributed by atoms with Crippen molar-refractivity contribution in [2.24, 2.45) is 0 Å². The highest BCUT2D eigenvalue weighted by Crippen LogP contribution is 2.17. The minimum Gasteiger partial charge on any atom is -0.478 e. The van der Waals surface area contributed by atoms with E-state index in [1.165, 1.54) is 15.8 Å². The van der Waals surface area contributed by atoms with E-state index in [0.717, 1.165) is 12.8 Å². The van der Waals surface area contributed by atoms with Gasteiger partial charge in [-0.1, -0.05) is 0 Å². The molecular formula is C16H19NO4S. The lowest BCUT2D eigenvalue weighted by Gasteiger charge is -2.02. The summed E-state index contributed by atoms with van der Waals surface area (Å²) >= 11 is 1.75. The molecule has 2 heterocycles. The molecule has 0 radical (unpaired) electrons. The topological polar surface area (TPSA) is 79.5 Å². The first-order valence-electron chi connectivity index (χ1n) is 7.10. The van der Waals surface area contributed by atoms with Crippen molar-refractivity contribution >= 4 is 23.2 Å². The fourth-order valence-electron chi connectivity index (χ4n) is 2.16. The molecule has 5 nitrogen and oxygen atoms in total. The Morgan fingerprint density at radius 2 is 2.09 bits per heavy atom. The van der Waals surface area contributed by atoms with Crippen molar-refractivity contribution in [1.29, 1.82) is 0 Å². The molecule has 0 bridgehead atoms. The summed E-state index contributed by atoms with van der Waals surface area (Å²) in [7, 11) is 0. The Morgan fingerprint density at radius 1 is 1.32 bits per heavy atom. The smallest absolute Gasteiger partial charge is 0.339 e. The first kappa shape index (κ1) is 16.3. The monoisotopic (exact) mass is 321 g/mol. The summed E-state index contributed by atoms with van der Waals surface area (Å²) in [5.74, 6) is -0.272. The molecule has 2 rings (SSSR count). The van der Waals surface area contributed by atoms with Crippen molar-refractivity contribution in [2.75, 3.05) is 0 Å². The third-order valence-corrected chi connectivity index (χ3v) is 4.34. The summed E-state index contributed by atoms with van der Waals surface area (Å²) < 4.78 is 5.31. The van der Waals surface area contributed by atoms with E-state index in [4.69, 9.17) is 9.52 Å². The van der Waals surface area contributed by atoms with Crippen molar-refractivity contribution in [3.63, 3.8) is 0 Å². The molecule has 0 aromatic carbocycles. The minimum absolute atomic E-state index is 0.0563. The maximum atomic E-state index is 11.8. The highest BCUT2D eigenvalue weighted by Gasteiger charge is 2.14. The number of carbonyl (C=O) groups excluding carboxylic acids is 1. The van der Waals surface area contributed by atoms with E-state index >= 15 is 0 Å². The summed E-state index contributed by atoms with van der Waals surface area (Å²) in [5.41, 5.74) is 0.136. The molecule has 0 aliphatic heterocycles. The second kappa shape index (κ2) is 7.26. The Hall–Kier alpha value is -2.08. The average molecular weight is 321 g/mol. The first-order valence-corrected chi connectivity index (χ1v) is 7.92. The molecule has 0 fully saturated rings. The van der Waals surface area contributed by atoms with Crippen molar-refractivity contribution in [1.82, 2.24) is 5.32 Å². The Morgan fingerprint density at radius 3 is 2.68 bits per heavy atom. The fraction of sp³-hybridized carbons (Fsp3) is 0.375. The Bertz CT molecular complexity index is 671. The molecule has 1 amide bonds. The SMILES string of the molecule is Cc1ccc(CCCC(=O)NCc2cc(C(=O)O)c(C)o2)s1. The Labute approximate surface area is 133 Å². The van der Waals surface area contributed by atoms with Gasteiger partial charge in [0.15, 0.2) is 0 Å². The van der Waals surface area contributed by atoms with E-state index in [1.807, 2.05) is 0 Å². The summed E-state index contributed by atoms with van der Waals surface area (Å²) in [6.45, 7) is 3.88. The van der Waals surface area contributed by atoms with Crippen LogP contribution < -0.4 is 5.32 Å². The van der Waals surface area contributed by atoms with E-state index in [0.29, 0.717) is 17.9 Å². The number of carboxylic acid groups (broad SMARTS) is 1. The number of rotatable bonds is 7. The number of carbonyl (C=O) groups is 2. The van der Waals surface area contributed by atoms with E-state index in [2.05, 4.69) is 24.4 Å². The van der Waals surface area contributed by atoms with Gasteiger partial charge in [0.2, 0.25) is 5.91 Å². The molecule has 0 spiro atoms. The van der Waals surface area contributed by atoms with E-state index in [1.54, 1.807) is 18.3 Å². The molecule has 0 aliphatic rings. The van der Waals surface area contributed by atoms with Gasteiger partial charge in [0.05, 0.1) is 6.54 Å². The second-order valence-electron chi connectivity index (χ2n) is 5.13. The molecule has 0 saturated carbocycles. The normalized spacial score (nSPS) is 10.6. The van der Waals surface area contributed by atoms with Crippen molar-refractivity contribution in [3.05, 3.63) is 45.0 Å². The molecule has 0 aliphatic carbocycles. The third kappa shape index (κ3) is 4.46. The zero-order valence-electron chi connectivity index (χ0n) is 12.6. The largest absolute Gasteiger partial charge is 0.478 e. The van der Waals surface area contributed by atoms with Gasteiger partial charge in [-0.3, -0.25) is 4.79 Å². The third-order valence-electron chi connectivity index (χ3n) is 3.28. The standard InChI is InChI=1S/C16H19NO4S/c1-10-6-7-13(22-10)4-3-5-15(18)17-9-12-8-14(16(19)20)11(2)21-12/h6-8H,3-5,9H2,1-2H3,(H,17,18)(H,19,20). The molecule has 2 aromatic rings. The highest BCUT2D eigenvalue weighted by atomic mass is 32.1. The maximum Gasteiger partial charge on any atom is 0.339 e. The van der Waals surface area contributed by atoms with Crippen LogP contribution in [0.2, 0.25) is 0 Å². The summed E-state index contributed by atoms with van der Waals surface area (Å²) in [6, 6.07) is 5.63. The average Bonchev–Trinajstić information content (AvgIpc) is 3.02. The van der Waals surface area contributed by atoms with Gasteiger partial charge in [0.1, 0.15) is 17.1 Å². The van der Waals surface area contributed by atoms with Crippen molar-refractivity contribution in [3.8, 4) is 0 Å². The number of hydrogen-bond acceptors (Lipinski definition) is 4. The lowest BCUT2D eigenvalue weighted by atomic mass is 10.2. The maximum absolute atomic E-state index is 11.8. The molecular weight excluding hydrogens is 302 g/mol. The molecule has 0 unspecified atom stereocenters. The number of furan rings is 1. The quantitative estimate of drug-likeness (QED) is 0.820. The number of amides is 1. The van der Waals surface area contributed by atoms with Crippen LogP contribution in [-0.2, 0) is 17.8 Å². The highest BCUT2D eigenvalue weighted by molar-refractivity contribution is 7.11. The second-order valence-corrected chi connectivity index (χ2v) is 6.50. The Balaban J connectivity index is 1.73. The van der Waals surface area contributed by atoms with Gasteiger partial charge in [-0.15, -0.1) is 11.3 Å². The van der Waals surface area contributed by atoms with E-state index in [-0.39, 0.29) is 18.0 Å². The number of aryl methyl sites for hydroxylation is 3. The molecule has 22 heavy (non-hydrogen) atoms. The number of nitrogens with one attached hydrogen (secondary N) is 1. The van der Waals surface area contributed by atoms with Crippen LogP contribution >= 0.6 is 11.3 Å². The fourth-order valence-corrected chi connectivity index (χ4v) is 3.09.